The van der Waals surface area contributed by atoms with Gasteiger partial charge in [-0.05, 0) is 56.4 Å². The van der Waals surface area contributed by atoms with Crippen molar-refractivity contribution in [2.45, 2.75) is 39.2 Å². The molecule has 4 amide bonds. The van der Waals surface area contributed by atoms with Gasteiger partial charge in [0, 0.05) is 5.69 Å². The van der Waals surface area contributed by atoms with Gasteiger partial charge in [0.05, 0.1) is 0 Å². The van der Waals surface area contributed by atoms with Gasteiger partial charge in [0.1, 0.15) is 12.1 Å². The summed E-state index contributed by atoms with van der Waals surface area (Å²) in [5, 5.41) is 5.54. The summed E-state index contributed by atoms with van der Waals surface area (Å²) >= 11 is 0. The summed E-state index contributed by atoms with van der Waals surface area (Å²) in [6, 6.07) is 14.9. The first-order valence-electron chi connectivity index (χ1n) is 9.34. The van der Waals surface area contributed by atoms with Crippen molar-refractivity contribution < 1.29 is 14.4 Å². The number of hydrogen-bond acceptors (Lipinski definition) is 3. The van der Waals surface area contributed by atoms with Gasteiger partial charge in [-0.1, -0.05) is 42.5 Å². The molecule has 1 atom stereocenters. The van der Waals surface area contributed by atoms with Crippen LogP contribution in [0.5, 0.6) is 0 Å². The van der Waals surface area contributed by atoms with E-state index < -0.39 is 17.5 Å². The Balaban J connectivity index is 1.64. The first kappa shape index (κ1) is 19.6. The maximum absolute atomic E-state index is 12.8. The highest BCUT2D eigenvalue weighted by Crippen LogP contribution is 2.24. The lowest BCUT2D eigenvalue weighted by Crippen LogP contribution is -2.45. The van der Waals surface area contributed by atoms with Gasteiger partial charge in [0.2, 0.25) is 5.91 Å². The molecule has 2 aromatic carbocycles. The Morgan fingerprint density at radius 2 is 1.79 bits per heavy atom. The molecule has 2 aromatic rings. The zero-order valence-corrected chi connectivity index (χ0v) is 16.4. The third kappa shape index (κ3) is 4.06. The molecule has 0 saturated carbocycles. The topological polar surface area (TPSA) is 78.5 Å². The molecular weight excluding hydrogens is 354 g/mol. The van der Waals surface area contributed by atoms with Crippen LogP contribution >= 0.6 is 0 Å². The van der Waals surface area contributed by atoms with Crippen LogP contribution in [0.4, 0.5) is 10.5 Å². The number of amides is 4. The van der Waals surface area contributed by atoms with Gasteiger partial charge in [0.25, 0.3) is 5.91 Å². The first-order valence-corrected chi connectivity index (χ1v) is 9.34. The van der Waals surface area contributed by atoms with Crippen LogP contribution in [0.25, 0.3) is 0 Å². The van der Waals surface area contributed by atoms with E-state index in [0.717, 1.165) is 21.6 Å². The lowest BCUT2D eigenvalue weighted by molar-refractivity contribution is -0.133. The second-order valence-electron chi connectivity index (χ2n) is 7.43. The molecule has 6 heteroatoms. The molecule has 6 nitrogen and oxygen atoms in total. The molecule has 0 aromatic heterocycles. The fraction of sp³-hybridized carbons (Fsp3) is 0.318. The van der Waals surface area contributed by atoms with Gasteiger partial charge in [-0.25, -0.2) is 4.79 Å². The number of carbonyl (C=O) groups excluding carboxylic acids is 3. The number of carbonyl (C=O) groups is 3. The number of nitrogens with one attached hydrogen (secondary N) is 2. The summed E-state index contributed by atoms with van der Waals surface area (Å²) in [5.41, 5.74) is 2.79. The molecule has 1 aliphatic rings. The fourth-order valence-corrected chi connectivity index (χ4v) is 3.32. The fourth-order valence-electron chi connectivity index (χ4n) is 3.32. The predicted molar refractivity (Wildman–Crippen MR) is 108 cm³/mol. The van der Waals surface area contributed by atoms with Crippen LogP contribution in [0.15, 0.2) is 48.5 Å². The molecule has 0 aliphatic carbocycles. The number of aryl methyl sites for hydroxylation is 2. The largest absolute Gasteiger partial charge is 0.325 e. The second kappa shape index (κ2) is 7.84. The van der Waals surface area contributed by atoms with Crippen molar-refractivity contribution in [1.82, 2.24) is 10.2 Å². The standard InChI is InChI=1S/C22H25N3O3/c1-15-8-7-11-18(16(15)2)23-19(26)14-25-20(27)22(3,24-21(25)28)13-12-17-9-5-4-6-10-17/h4-11H,12-14H2,1-3H3,(H,23,26)(H,24,28)/t22-/m1/s1. The molecule has 1 heterocycles. The van der Waals surface area contributed by atoms with E-state index in [1.807, 2.05) is 56.3 Å². The summed E-state index contributed by atoms with van der Waals surface area (Å²) < 4.78 is 0. The maximum Gasteiger partial charge on any atom is 0.325 e. The Morgan fingerprint density at radius 3 is 2.50 bits per heavy atom. The Morgan fingerprint density at radius 1 is 1.07 bits per heavy atom. The molecule has 3 rings (SSSR count). The van der Waals surface area contributed by atoms with Gasteiger partial charge >= 0.3 is 6.03 Å². The van der Waals surface area contributed by atoms with E-state index in [0.29, 0.717) is 18.5 Å². The molecule has 2 N–H and O–H groups in total. The van der Waals surface area contributed by atoms with Crippen LogP contribution in [0, 0.1) is 13.8 Å². The summed E-state index contributed by atoms with van der Waals surface area (Å²) in [6.07, 6.45) is 1.13. The Kier molecular flexibility index (Phi) is 5.49. The lowest BCUT2D eigenvalue weighted by atomic mass is 9.93. The van der Waals surface area contributed by atoms with Crippen LogP contribution in [-0.4, -0.2) is 34.8 Å². The van der Waals surface area contributed by atoms with Crippen molar-refractivity contribution in [3.63, 3.8) is 0 Å². The first-order chi connectivity index (χ1) is 13.3. The monoisotopic (exact) mass is 379 g/mol. The van der Waals surface area contributed by atoms with E-state index >= 15 is 0 Å². The SMILES string of the molecule is Cc1cccc(NC(=O)CN2C(=O)N[C@](C)(CCc3ccccc3)C2=O)c1C. The summed E-state index contributed by atoms with van der Waals surface area (Å²) in [5.74, 6) is -0.769. The van der Waals surface area contributed by atoms with E-state index in [4.69, 9.17) is 0 Å². The van der Waals surface area contributed by atoms with Gasteiger partial charge < -0.3 is 10.6 Å². The van der Waals surface area contributed by atoms with E-state index in [1.54, 1.807) is 13.0 Å². The number of rotatable bonds is 6. The normalized spacial score (nSPS) is 18.9. The summed E-state index contributed by atoms with van der Waals surface area (Å²) in [6.45, 7) is 5.28. The Hall–Kier alpha value is -3.15. The highest BCUT2D eigenvalue weighted by molar-refractivity contribution is 6.10. The highest BCUT2D eigenvalue weighted by atomic mass is 16.2. The van der Waals surface area contributed by atoms with Crippen LogP contribution < -0.4 is 10.6 Å². The number of hydrogen-bond donors (Lipinski definition) is 2. The maximum atomic E-state index is 12.8. The quantitative estimate of drug-likeness (QED) is 0.757. The molecule has 28 heavy (non-hydrogen) atoms. The highest BCUT2D eigenvalue weighted by Gasteiger charge is 2.47. The second-order valence-corrected chi connectivity index (χ2v) is 7.43. The number of anilines is 1. The smallest absolute Gasteiger partial charge is 0.324 e. The van der Waals surface area contributed by atoms with E-state index in [1.165, 1.54) is 0 Å². The number of imide groups is 1. The van der Waals surface area contributed by atoms with Crippen molar-refractivity contribution in [1.29, 1.82) is 0 Å². The van der Waals surface area contributed by atoms with Gasteiger partial charge in [-0.2, -0.15) is 0 Å². The van der Waals surface area contributed by atoms with Crippen LogP contribution in [-0.2, 0) is 16.0 Å². The van der Waals surface area contributed by atoms with E-state index in [9.17, 15) is 14.4 Å². The average Bonchev–Trinajstić information content (AvgIpc) is 2.88. The van der Waals surface area contributed by atoms with E-state index in [-0.39, 0.29) is 12.5 Å². The summed E-state index contributed by atoms with van der Waals surface area (Å²) in [4.78, 5) is 38.6. The minimum Gasteiger partial charge on any atom is -0.324 e. The molecule has 1 fully saturated rings. The van der Waals surface area contributed by atoms with Crippen molar-refractivity contribution in [2.75, 3.05) is 11.9 Å². The molecule has 0 spiro atoms. The van der Waals surface area contributed by atoms with Crippen molar-refractivity contribution in [2.24, 2.45) is 0 Å². The lowest BCUT2D eigenvalue weighted by Gasteiger charge is -2.21. The number of benzene rings is 2. The third-order valence-electron chi connectivity index (χ3n) is 5.28. The van der Waals surface area contributed by atoms with Crippen LogP contribution in [0.2, 0.25) is 0 Å². The van der Waals surface area contributed by atoms with Gasteiger partial charge in [-0.15, -0.1) is 0 Å². The minimum atomic E-state index is -1.01. The molecule has 0 radical (unpaired) electrons. The zero-order valence-electron chi connectivity index (χ0n) is 16.4. The minimum absolute atomic E-state index is 0.307. The predicted octanol–water partition coefficient (Wildman–Crippen LogP) is 3.19. The molecule has 1 saturated heterocycles. The average molecular weight is 379 g/mol. The molecular formula is C22H25N3O3. The number of urea groups is 1. The Bertz CT molecular complexity index is 910. The van der Waals surface area contributed by atoms with Crippen molar-refractivity contribution >= 4 is 23.5 Å². The number of nitrogens with zero attached hydrogens (tertiary/aromatic N) is 1. The third-order valence-corrected chi connectivity index (χ3v) is 5.28. The molecule has 146 valence electrons. The molecule has 0 bridgehead atoms. The van der Waals surface area contributed by atoms with Gasteiger partial charge in [-0.3, -0.25) is 14.5 Å². The van der Waals surface area contributed by atoms with Crippen molar-refractivity contribution in [3.8, 4) is 0 Å². The zero-order chi connectivity index (χ0) is 20.3. The van der Waals surface area contributed by atoms with Gasteiger partial charge in [0.15, 0.2) is 0 Å². The van der Waals surface area contributed by atoms with E-state index in [2.05, 4.69) is 10.6 Å². The van der Waals surface area contributed by atoms with Crippen LogP contribution in [0.1, 0.15) is 30.0 Å². The summed E-state index contributed by atoms with van der Waals surface area (Å²) in [7, 11) is 0. The molecule has 0 unspecified atom stereocenters. The van der Waals surface area contributed by atoms with Crippen LogP contribution in [0.3, 0.4) is 0 Å². The molecule has 1 aliphatic heterocycles. The van der Waals surface area contributed by atoms with Crippen molar-refractivity contribution in [3.05, 3.63) is 65.2 Å². The Labute approximate surface area is 164 Å².